The highest BCUT2D eigenvalue weighted by atomic mass is 19.4. The Morgan fingerprint density at radius 1 is 1.18 bits per heavy atom. The molecule has 2 atom stereocenters. The number of aryl methyl sites for hydroxylation is 1. The summed E-state index contributed by atoms with van der Waals surface area (Å²) in [6.07, 6.45) is 6.20. The predicted octanol–water partition coefficient (Wildman–Crippen LogP) is 6.13. The number of nitrogens with zero attached hydrogens (tertiary/aromatic N) is 5. The number of benzene rings is 2. The summed E-state index contributed by atoms with van der Waals surface area (Å²) in [7, 11) is 1.91. The number of piperidine rings is 1. The van der Waals surface area contributed by atoms with Crippen LogP contribution in [0.25, 0.3) is 0 Å². The predicted molar refractivity (Wildman–Crippen MR) is 161 cm³/mol. The van der Waals surface area contributed by atoms with E-state index in [1.54, 1.807) is 18.5 Å². The monoisotopic (exact) mass is 605 g/mol. The number of ether oxygens (including phenoxy) is 1. The number of carbonyl (C=O) groups is 1. The van der Waals surface area contributed by atoms with Crippen molar-refractivity contribution in [3.63, 3.8) is 0 Å². The van der Waals surface area contributed by atoms with Crippen molar-refractivity contribution in [2.75, 3.05) is 31.2 Å². The number of hydrogen-bond donors (Lipinski definition) is 0. The molecule has 3 aliphatic rings. The second-order valence-electron chi connectivity index (χ2n) is 12.9. The van der Waals surface area contributed by atoms with E-state index < -0.39 is 23.7 Å². The van der Waals surface area contributed by atoms with E-state index in [-0.39, 0.29) is 36.3 Å². The smallest absolute Gasteiger partial charge is 0.367 e. The van der Waals surface area contributed by atoms with Crippen molar-refractivity contribution >= 4 is 11.6 Å². The van der Waals surface area contributed by atoms with Crippen LogP contribution in [0.1, 0.15) is 84.0 Å². The lowest BCUT2D eigenvalue weighted by Gasteiger charge is -2.46. The number of carbonyl (C=O) groups excluding carboxylic acids is 1. The Bertz CT molecular complexity index is 1590. The molecule has 1 aliphatic carbocycles. The molecule has 0 radical (unpaired) electrons. The van der Waals surface area contributed by atoms with Crippen molar-refractivity contribution in [2.45, 2.75) is 63.7 Å². The topological polar surface area (TPSA) is 63.5 Å². The molecule has 232 valence electrons. The molecule has 1 unspecified atom stereocenters. The van der Waals surface area contributed by atoms with E-state index in [1.807, 2.05) is 29.8 Å². The van der Waals surface area contributed by atoms with Gasteiger partial charge in [-0.1, -0.05) is 31.9 Å². The summed E-state index contributed by atoms with van der Waals surface area (Å²) < 4.78 is 51.5. The molecule has 2 aliphatic heterocycles. The van der Waals surface area contributed by atoms with Crippen molar-refractivity contribution in [3.8, 4) is 12.3 Å². The van der Waals surface area contributed by atoms with E-state index in [2.05, 4.69) is 34.9 Å². The van der Waals surface area contributed by atoms with Crippen LogP contribution in [0.2, 0.25) is 0 Å². The summed E-state index contributed by atoms with van der Waals surface area (Å²) in [5, 5.41) is 8.51. The summed E-state index contributed by atoms with van der Waals surface area (Å²) >= 11 is 0. The molecule has 6 rings (SSSR count). The molecule has 2 aromatic carbocycles. The third-order valence-corrected chi connectivity index (χ3v) is 9.59. The van der Waals surface area contributed by atoms with Gasteiger partial charge in [-0.3, -0.25) is 9.69 Å². The maximum Gasteiger partial charge on any atom is 0.416 e. The van der Waals surface area contributed by atoms with E-state index >= 15 is 0 Å². The number of aromatic nitrogens is 3. The van der Waals surface area contributed by atoms with Gasteiger partial charge in [0.25, 0.3) is 5.91 Å². The maximum absolute atomic E-state index is 14.6. The van der Waals surface area contributed by atoms with Gasteiger partial charge in [0.05, 0.1) is 30.2 Å². The fourth-order valence-electron chi connectivity index (χ4n) is 7.60. The van der Waals surface area contributed by atoms with Crippen LogP contribution in [0.4, 0.5) is 18.9 Å². The first kappa shape index (κ1) is 30.4. The second-order valence-corrected chi connectivity index (χ2v) is 12.9. The quantitative estimate of drug-likeness (QED) is 0.228. The molecule has 0 spiro atoms. The summed E-state index contributed by atoms with van der Waals surface area (Å²) in [5.74, 6) is 3.74. The van der Waals surface area contributed by atoms with Gasteiger partial charge in [-0.2, -0.15) is 13.2 Å². The highest BCUT2D eigenvalue weighted by Crippen LogP contribution is 2.52. The Hall–Kier alpha value is -3.68. The van der Waals surface area contributed by atoms with E-state index in [9.17, 15) is 18.0 Å². The summed E-state index contributed by atoms with van der Waals surface area (Å²) in [5.41, 5.74) is 0.938. The minimum atomic E-state index is -4.63. The molecule has 3 aromatic rings. The number of terminal acetylenes is 1. The van der Waals surface area contributed by atoms with Crippen LogP contribution in [0.15, 0.2) is 42.7 Å². The molecule has 44 heavy (non-hydrogen) atoms. The van der Waals surface area contributed by atoms with Crippen molar-refractivity contribution in [2.24, 2.45) is 18.9 Å². The van der Waals surface area contributed by atoms with Gasteiger partial charge in [-0.25, -0.2) is 0 Å². The van der Waals surface area contributed by atoms with Crippen LogP contribution in [-0.4, -0.2) is 51.9 Å². The van der Waals surface area contributed by atoms with Gasteiger partial charge >= 0.3 is 6.18 Å². The van der Waals surface area contributed by atoms with Crippen LogP contribution in [0, 0.1) is 24.2 Å². The number of alkyl halides is 3. The Kier molecular flexibility index (Phi) is 8.05. The molecular formula is C34H38F3N5O2. The number of amides is 1. The van der Waals surface area contributed by atoms with Crippen LogP contribution in [0.5, 0.6) is 0 Å². The Morgan fingerprint density at radius 3 is 2.64 bits per heavy atom. The minimum absolute atomic E-state index is 0.00670. The SMILES string of the molecule is C#CCOCC(c1cc2c(c(C(F)(F)F)c1)CN(c1cccc(C3(c4nncn4C)CC(C)C3)c1)C2=O)N1CCC[C@H](C)C1. The molecule has 1 saturated carbocycles. The van der Waals surface area contributed by atoms with Crippen molar-refractivity contribution in [1.29, 1.82) is 0 Å². The zero-order valence-corrected chi connectivity index (χ0v) is 25.4. The van der Waals surface area contributed by atoms with Crippen LogP contribution >= 0.6 is 0 Å². The summed E-state index contributed by atoms with van der Waals surface area (Å²) in [6, 6.07) is 10.0. The summed E-state index contributed by atoms with van der Waals surface area (Å²) in [6.45, 7) is 5.87. The zero-order valence-electron chi connectivity index (χ0n) is 25.4. The molecule has 0 N–H and O–H groups in total. The van der Waals surface area contributed by atoms with E-state index in [0.29, 0.717) is 23.1 Å². The highest BCUT2D eigenvalue weighted by Gasteiger charge is 2.48. The Morgan fingerprint density at radius 2 is 1.98 bits per heavy atom. The zero-order chi connectivity index (χ0) is 31.2. The lowest BCUT2D eigenvalue weighted by molar-refractivity contribution is -0.138. The fraction of sp³-hybridized carbons (Fsp3) is 0.500. The average Bonchev–Trinajstić information content (AvgIpc) is 3.55. The van der Waals surface area contributed by atoms with Crippen LogP contribution in [-0.2, 0) is 29.9 Å². The third kappa shape index (κ3) is 5.41. The second kappa shape index (κ2) is 11.7. The molecule has 0 bridgehead atoms. The van der Waals surface area contributed by atoms with E-state index in [1.165, 1.54) is 11.0 Å². The number of anilines is 1. The van der Waals surface area contributed by atoms with Crippen molar-refractivity contribution < 1.29 is 22.7 Å². The van der Waals surface area contributed by atoms with E-state index in [0.717, 1.165) is 50.2 Å². The molecule has 3 heterocycles. The maximum atomic E-state index is 14.6. The average molecular weight is 606 g/mol. The first-order valence-corrected chi connectivity index (χ1v) is 15.3. The van der Waals surface area contributed by atoms with Crippen molar-refractivity contribution in [3.05, 3.63) is 76.4 Å². The van der Waals surface area contributed by atoms with Gasteiger partial charge in [0, 0.05) is 24.8 Å². The highest BCUT2D eigenvalue weighted by molar-refractivity contribution is 6.10. The first-order chi connectivity index (χ1) is 21.0. The standard InChI is InChI=1S/C34H38F3N5O2/c1-5-12-44-20-30(41-11-7-8-22(2)18-41)24-13-27-28(29(14-24)34(35,36)37)19-42(31(27)43)26-10-6-9-25(15-26)33(16-23(3)17-33)32-39-38-21-40(32)4/h1,6,9-10,13-15,21-23,30H,7-8,11-12,16-20H2,2-4H3/t22-,23?,30?,33?/m0/s1. The van der Waals surface area contributed by atoms with Crippen LogP contribution in [0.3, 0.4) is 0 Å². The van der Waals surface area contributed by atoms with Crippen LogP contribution < -0.4 is 4.90 Å². The molecule has 10 heteroatoms. The lowest BCUT2D eigenvalue weighted by Crippen LogP contribution is -2.43. The largest absolute Gasteiger partial charge is 0.416 e. The number of fused-ring (bicyclic) bond motifs is 1. The third-order valence-electron chi connectivity index (χ3n) is 9.59. The fourth-order valence-corrected chi connectivity index (χ4v) is 7.60. The number of likely N-dealkylation sites (tertiary alicyclic amines) is 1. The molecule has 7 nitrogen and oxygen atoms in total. The minimum Gasteiger partial charge on any atom is -0.367 e. The molecule has 1 saturated heterocycles. The van der Waals surface area contributed by atoms with Gasteiger partial charge in [-0.05, 0) is 85.0 Å². The molecule has 1 amide bonds. The van der Waals surface area contributed by atoms with Gasteiger partial charge in [0.1, 0.15) is 18.8 Å². The van der Waals surface area contributed by atoms with Crippen molar-refractivity contribution in [1.82, 2.24) is 19.7 Å². The number of hydrogen-bond acceptors (Lipinski definition) is 5. The number of rotatable bonds is 8. The molecule has 2 fully saturated rings. The van der Waals surface area contributed by atoms with E-state index in [4.69, 9.17) is 11.2 Å². The number of halogens is 3. The Balaban J connectivity index is 1.38. The normalized spacial score (nSPS) is 24.6. The Labute approximate surface area is 256 Å². The van der Waals surface area contributed by atoms with Gasteiger partial charge in [0.15, 0.2) is 0 Å². The summed E-state index contributed by atoms with van der Waals surface area (Å²) in [4.78, 5) is 17.6. The van der Waals surface area contributed by atoms with Gasteiger partial charge in [0.2, 0.25) is 0 Å². The lowest BCUT2D eigenvalue weighted by atomic mass is 9.58. The first-order valence-electron chi connectivity index (χ1n) is 15.3. The molecular weight excluding hydrogens is 567 g/mol. The van der Waals surface area contributed by atoms with Gasteiger partial charge < -0.3 is 14.2 Å². The molecule has 1 aromatic heterocycles. The van der Waals surface area contributed by atoms with Gasteiger partial charge in [-0.15, -0.1) is 16.6 Å².